The van der Waals surface area contributed by atoms with Gasteiger partial charge in [-0.3, -0.25) is 9.59 Å². The molecule has 4 aliphatic carbocycles. The monoisotopic (exact) mass is 460 g/mol. The second-order valence-corrected chi connectivity index (χ2v) is 9.32. The third-order valence-electron chi connectivity index (χ3n) is 4.96. The molecular weight excluding hydrogens is 456 g/mol. The van der Waals surface area contributed by atoms with E-state index >= 15 is 0 Å². The average molecular weight is 463 g/mol. The molecule has 0 aromatic rings. The molecule has 6 atom stereocenters. The minimum Gasteiger partial charge on any atom is -0.468 e. The predicted octanol–water partition coefficient (Wildman–Crippen LogP) is 3.36. The van der Waals surface area contributed by atoms with Crippen molar-refractivity contribution in [2.24, 2.45) is 0 Å². The third kappa shape index (κ3) is 1.18. The Hall–Kier alpha value is 0.710. The Bertz CT molecular complexity index is 699. The van der Waals surface area contributed by atoms with E-state index in [0.717, 1.165) is 14.2 Å². The zero-order valence-electron chi connectivity index (χ0n) is 11.4. The van der Waals surface area contributed by atoms with Crippen molar-refractivity contribution in [1.29, 1.82) is 0 Å². The smallest absolute Gasteiger partial charge is 0.331 e. The van der Waals surface area contributed by atoms with Crippen molar-refractivity contribution in [3.8, 4) is 0 Å². The van der Waals surface area contributed by atoms with Crippen molar-refractivity contribution in [2.45, 2.75) is 29.2 Å². The molecule has 128 valence electrons. The van der Waals surface area contributed by atoms with Gasteiger partial charge in [-0.25, -0.2) is 0 Å². The van der Waals surface area contributed by atoms with Crippen LogP contribution in [-0.2, 0) is 19.1 Å². The molecule has 0 amide bonds. The molecule has 0 heterocycles. The van der Waals surface area contributed by atoms with Gasteiger partial charge in [-0.15, -0.1) is 69.6 Å². The Kier molecular flexibility index (Phi) is 3.63. The first-order chi connectivity index (χ1) is 10.3. The van der Waals surface area contributed by atoms with Gasteiger partial charge in [0.1, 0.15) is 19.5 Å². The van der Waals surface area contributed by atoms with E-state index in [1.54, 1.807) is 0 Å². The second kappa shape index (κ2) is 4.51. The van der Waals surface area contributed by atoms with Crippen LogP contribution in [-0.4, -0.2) is 55.4 Å². The quantitative estimate of drug-likeness (QED) is 0.466. The Morgan fingerprint density at radius 3 is 1.74 bits per heavy atom. The summed E-state index contributed by atoms with van der Waals surface area (Å²) in [5.74, 6) is -1.98. The van der Waals surface area contributed by atoms with E-state index in [0.29, 0.717) is 0 Å². The molecule has 2 saturated carbocycles. The number of halogens is 7. The first-order valence-electron chi connectivity index (χ1n) is 6.03. The van der Waals surface area contributed by atoms with Crippen LogP contribution in [0.25, 0.3) is 0 Å². The summed E-state index contributed by atoms with van der Waals surface area (Å²) in [6.45, 7) is 0. The molecule has 0 aromatic heterocycles. The summed E-state index contributed by atoms with van der Waals surface area (Å²) in [5, 5.41) is -0.160. The topological polar surface area (TPSA) is 52.6 Å². The largest absolute Gasteiger partial charge is 0.468 e. The molecule has 0 spiro atoms. The van der Waals surface area contributed by atoms with E-state index in [1.807, 2.05) is 0 Å². The maximum atomic E-state index is 12.3. The van der Waals surface area contributed by atoms with Gasteiger partial charge in [-0.1, -0.05) is 11.6 Å². The van der Waals surface area contributed by atoms with Crippen molar-refractivity contribution in [3.63, 3.8) is 0 Å². The molecule has 0 N–H and O–H groups in total. The van der Waals surface area contributed by atoms with Gasteiger partial charge in [-0.2, -0.15) is 0 Å². The number of carbonyl (C=O) groups excluding carboxylic acids is 2. The molecule has 4 bridgehead atoms. The summed E-state index contributed by atoms with van der Waals surface area (Å²) < 4.78 is 9.37. The number of carbonyl (C=O) groups is 2. The highest BCUT2D eigenvalue weighted by atomic mass is 35.5. The molecule has 23 heavy (non-hydrogen) atoms. The van der Waals surface area contributed by atoms with Gasteiger partial charge in [0.15, 0.2) is 9.75 Å². The van der Waals surface area contributed by atoms with Crippen LogP contribution in [0.5, 0.6) is 0 Å². The van der Waals surface area contributed by atoms with E-state index < -0.39 is 41.2 Å². The molecule has 0 radical (unpaired) electrons. The number of hydrogen-bond acceptors (Lipinski definition) is 4. The van der Waals surface area contributed by atoms with E-state index in [1.165, 1.54) is 6.08 Å². The van der Waals surface area contributed by atoms with Gasteiger partial charge < -0.3 is 9.47 Å². The third-order valence-corrected chi connectivity index (χ3v) is 10.7. The summed E-state index contributed by atoms with van der Waals surface area (Å²) in [5.41, 5.74) is 0. The van der Waals surface area contributed by atoms with Crippen LogP contribution in [0.3, 0.4) is 0 Å². The van der Waals surface area contributed by atoms with Crippen LogP contribution in [0.15, 0.2) is 11.1 Å². The number of ether oxygens (including phenoxy) is 2. The van der Waals surface area contributed by atoms with Crippen molar-refractivity contribution >= 4 is 93.1 Å². The summed E-state index contributed by atoms with van der Waals surface area (Å²) in [6, 6.07) is 0. The minimum absolute atomic E-state index is 0.160. The Labute approximate surface area is 166 Å². The lowest BCUT2D eigenvalue weighted by Crippen LogP contribution is -3.11. The standard InChI is InChI=1S/C12H7Cl7O4/c1-22-5(20)9(16)7(14)3-4(13)8(15)10(17,6(21)23-2)11(7,18)12(8,9)19/h3H,1-2H3/t7-,8-,9-,10+,11-,12-/m1/s1. The van der Waals surface area contributed by atoms with Crippen molar-refractivity contribution in [1.82, 2.24) is 0 Å². The van der Waals surface area contributed by atoms with E-state index in [2.05, 4.69) is 9.47 Å². The first-order valence-corrected chi connectivity index (χ1v) is 8.68. The Balaban J connectivity index is 2.37. The fraction of sp³-hybridized carbons (Fsp3) is 0.667. The van der Waals surface area contributed by atoms with Gasteiger partial charge in [-0.05, 0) is 6.08 Å². The highest BCUT2D eigenvalue weighted by Crippen LogP contribution is 2.92. The van der Waals surface area contributed by atoms with Gasteiger partial charge in [0.2, 0.25) is 0 Å². The number of methoxy groups -OCH3 is 2. The predicted molar refractivity (Wildman–Crippen MR) is 89.5 cm³/mol. The fourth-order valence-corrected chi connectivity index (χ4v) is 8.82. The molecule has 11 heteroatoms. The van der Waals surface area contributed by atoms with Gasteiger partial charge in [0.25, 0.3) is 0 Å². The molecule has 0 aliphatic heterocycles. The van der Waals surface area contributed by atoms with Crippen LogP contribution in [0.2, 0.25) is 0 Å². The Morgan fingerprint density at radius 1 is 0.870 bits per heavy atom. The van der Waals surface area contributed by atoms with Gasteiger partial charge >= 0.3 is 11.9 Å². The molecular formula is C12H7Cl7O4. The van der Waals surface area contributed by atoms with Gasteiger partial charge in [0.05, 0.1) is 14.2 Å². The second-order valence-electron chi connectivity index (χ2n) is 5.48. The molecule has 0 unspecified atom stereocenters. The van der Waals surface area contributed by atoms with Crippen LogP contribution < -0.4 is 0 Å². The SMILES string of the molecule is COC(=O)[C@@]1(Cl)[C@]2(Cl)C=C(Cl)[C@@]3(Cl)[C@@](Cl)(C(=O)OC)[C@@]2(Cl)[C@]13Cl. The zero-order valence-corrected chi connectivity index (χ0v) is 16.6. The van der Waals surface area contributed by atoms with E-state index in [4.69, 9.17) is 81.2 Å². The van der Waals surface area contributed by atoms with Crippen LogP contribution in [0.1, 0.15) is 0 Å². The number of esters is 2. The molecule has 2 fully saturated rings. The van der Waals surface area contributed by atoms with Crippen LogP contribution >= 0.6 is 81.2 Å². The molecule has 0 saturated heterocycles. The van der Waals surface area contributed by atoms with Crippen molar-refractivity contribution in [2.75, 3.05) is 14.2 Å². The van der Waals surface area contributed by atoms with Crippen LogP contribution in [0, 0.1) is 0 Å². The summed E-state index contributed by atoms with van der Waals surface area (Å²) in [4.78, 5) is 12.5. The molecule has 4 aliphatic rings. The van der Waals surface area contributed by atoms with Crippen molar-refractivity contribution in [3.05, 3.63) is 11.1 Å². The van der Waals surface area contributed by atoms with Crippen LogP contribution in [0.4, 0.5) is 0 Å². The highest BCUT2D eigenvalue weighted by molar-refractivity contribution is 6.71. The van der Waals surface area contributed by atoms with Gasteiger partial charge in [0, 0.05) is 5.03 Å². The first kappa shape index (κ1) is 18.5. The van der Waals surface area contributed by atoms with E-state index in [9.17, 15) is 9.59 Å². The zero-order chi connectivity index (χ0) is 17.9. The summed E-state index contributed by atoms with van der Waals surface area (Å²) in [6.07, 6.45) is 1.17. The van der Waals surface area contributed by atoms with E-state index in [-0.39, 0.29) is 5.03 Å². The summed E-state index contributed by atoms with van der Waals surface area (Å²) >= 11 is 45.2. The number of rotatable bonds is 2. The number of hydrogen-bond donors (Lipinski definition) is 0. The average Bonchev–Trinajstić information content (AvgIpc) is 2.53. The number of alkyl halides is 6. The molecule has 4 rings (SSSR count). The molecule has 0 aromatic carbocycles. The lowest BCUT2D eigenvalue weighted by atomic mass is 9.31. The van der Waals surface area contributed by atoms with Crippen molar-refractivity contribution < 1.29 is 19.1 Å². The lowest BCUT2D eigenvalue weighted by Gasteiger charge is -2.87. The summed E-state index contributed by atoms with van der Waals surface area (Å²) in [7, 11) is 2.17. The Morgan fingerprint density at radius 2 is 1.30 bits per heavy atom. The fourth-order valence-electron chi connectivity index (χ4n) is 3.94. The number of allylic oxidation sites excluding steroid dienone is 2. The highest BCUT2D eigenvalue weighted by Gasteiger charge is 3.12. The molecule has 4 nitrogen and oxygen atoms in total. The lowest BCUT2D eigenvalue weighted by molar-refractivity contribution is -0.175. The maximum Gasteiger partial charge on any atom is 0.331 e. The maximum absolute atomic E-state index is 12.3. The normalized spacial score (nSPS) is 56.0. The minimum atomic E-state index is -2.14.